The molecule has 0 heterocycles. The second kappa shape index (κ2) is 10.5. The lowest BCUT2D eigenvalue weighted by Crippen LogP contribution is -2.13. The molecule has 0 unspecified atom stereocenters. The van der Waals surface area contributed by atoms with Gasteiger partial charge in [0.25, 0.3) is 11.8 Å². The number of rotatable bonds is 7. The van der Waals surface area contributed by atoms with E-state index in [2.05, 4.69) is 10.6 Å². The summed E-state index contributed by atoms with van der Waals surface area (Å²) in [5, 5.41) is 6.16. The van der Waals surface area contributed by atoms with Crippen LogP contribution >= 0.6 is 11.6 Å². The predicted octanol–water partition coefficient (Wildman–Crippen LogP) is 6.42. The van der Waals surface area contributed by atoms with Crippen LogP contribution in [-0.2, 0) is 6.61 Å². The molecule has 4 rings (SSSR count). The summed E-state index contributed by atoms with van der Waals surface area (Å²) in [7, 11) is 0. The highest BCUT2D eigenvalue weighted by Gasteiger charge is 2.09. The Kier molecular flexibility index (Phi) is 7.03. The van der Waals surface area contributed by atoms with Crippen molar-refractivity contribution >= 4 is 34.8 Å². The highest BCUT2D eigenvalue weighted by molar-refractivity contribution is 6.31. The van der Waals surface area contributed by atoms with Crippen molar-refractivity contribution in [3.63, 3.8) is 0 Å². The zero-order chi connectivity index (χ0) is 23.0. The standard InChI is InChI=1S/C27H21ClN2O3/c28-22-6-4-5-21(17-22)27(32)30-24-15-13-23(14-16-24)29-26(31)20-11-9-19(10-12-20)18-33-25-7-2-1-3-8-25/h1-17H,18H2,(H,29,31)(H,30,32). The molecule has 5 nitrogen and oxygen atoms in total. The molecule has 164 valence electrons. The maximum atomic E-state index is 12.6. The molecule has 0 radical (unpaired) electrons. The molecule has 0 bridgehead atoms. The van der Waals surface area contributed by atoms with Crippen LogP contribution in [0.5, 0.6) is 5.75 Å². The van der Waals surface area contributed by atoms with Gasteiger partial charge < -0.3 is 15.4 Å². The van der Waals surface area contributed by atoms with Crippen LogP contribution in [0.15, 0.2) is 103 Å². The van der Waals surface area contributed by atoms with Crippen LogP contribution in [0, 0.1) is 0 Å². The van der Waals surface area contributed by atoms with Gasteiger partial charge in [-0.15, -0.1) is 0 Å². The quantitative estimate of drug-likeness (QED) is 0.337. The van der Waals surface area contributed by atoms with Crippen molar-refractivity contribution in [1.82, 2.24) is 0 Å². The number of benzene rings is 4. The molecule has 33 heavy (non-hydrogen) atoms. The van der Waals surface area contributed by atoms with Gasteiger partial charge in [0.15, 0.2) is 0 Å². The number of carbonyl (C=O) groups excluding carboxylic acids is 2. The van der Waals surface area contributed by atoms with E-state index in [1.807, 2.05) is 42.5 Å². The molecule has 0 saturated carbocycles. The molecule has 0 aromatic heterocycles. The summed E-state index contributed by atoms with van der Waals surface area (Å²) in [5.74, 6) is 0.318. The molecule has 0 atom stereocenters. The van der Waals surface area contributed by atoms with Crippen LogP contribution < -0.4 is 15.4 Å². The maximum absolute atomic E-state index is 12.6. The summed E-state index contributed by atoms with van der Waals surface area (Å²) < 4.78 is 5.72. The Hall–Kier alpha value is -4.09. The Morgan fingerprint density at radius 1 is 0.667 bits per heavy atom. The fourth-order valence-corrected chi connectivity index (χ4v) is 3.30. The van der Waals surface area contributed by atoms with Crippen LogP contribution in [0.2, 0.25) is 5.02 Å². The molecule has 6 heteroatoms. The summed E-state index contributed by atoms with van der Waals surface area (Å²) in [4.78, 5) is 24.9. The van der Waals surface area contributed by atoms with Crippen molar-refractivity contribution in [2.24, 2.45) is 0 Å². The number of anilines is 2. The zero-order valence-corrected chi connectivity index (χ0v) is 18.4. The van der Waals surface area contributed by atoms with Gasteiger partial charge in [0.05, 0.1) is 0 Å². The molecular formula is C27H21ClN2O3. The molecule has 0 fully saturated rings. The van der Waals surface area contributed by atoms with Crippen molar-refractivity contribution in [3.8, 4) is 5.75 Å². The largest absolute Gasteiger partial charge is 0.489 e. The van der Waals surface area contributed by atoms with Gasteiger partial charge in [0.2, 0.25) is 0 Å². The van der Waals surface area contributed by atoms with Gasteiger partial charge >= 0.3 is 0 Å². The van der Waals surface area contributed by atoms with E-state index in [4.69, 9.17) is 16.3 Å². The minimum atomic E-state index is -0.259. The fourth-order valence-electron chi connectivity index (χ4n) is 3.11. The van der Waals surface area contributed by atoms with Crippen molar-refractivity contribution in [2.45, 2.75) is 6.61 Å². The SMILES string of the molecule is O=C(Nc1ccc(NC(=O)c2cccc(Cl)c2)cc1)c1ccc(COc2ccccc2)cc1. The maximum Gasteiger partial charge on any atom is 0.255 e. The first-order valence-electron chi connectivity index (χ1n) is 10.3. The van der Waals surface area contributed by atoms with Crippen molar-refractivity contribution < 1.29 is 14.3 Å². The van der Waals surface area contributed by atoms with Crippen LogP contribution in [0.4, 0.5) is 11.4 Å². The zero-order valence-electron chi connectivity index (χ0n) is 17.6. The van der Waals surface area contributed by atoms with Gasteiger partial charge in [0, 0.05) is 27.5 Å². The Morgan fingerprint density at radius 2 is 1.27 bits per heavy atom. The third-order valence-electron chi connectivity index (χ3n) is 4.85. The van der Waals surface area contributed by atoms with Crippen LogP contribution in [0.3, 0.4) is 0 Å². The lowest BCUT2D eigenvalue weighted by molar-refractivity contribution is 0.101. The van der Waals surface area contributed by atoms with E-state index in [1.165, 1.54) is 0 Å². The van der Waals surface area contributed by atoms with Crippen molar-refractivity contribution in [2.75, 3.05) is 10.6 Å². The fraction of sp³-hybridized carbons (Fsp3) is 0.0370. The van der Waals surface area contributed by atoms with Gasteiger partial charge in [-0.25, -0.2) is 0 Å². The molecule has 0 aliphatic carbocycles. The topological polar surface area (TPSA) is 67.4 Å². The van der Waals surface area contributed by atoms with E-state index in [-0.39, 0.29) is 11.8 Å². The number of amides is 2. The minimum absolute atomic E-state index is 0.221. The average molecular weight is 457 g/mol. The number of para-hydroxylation sites is 1. The third kappa shape index (κ3) is 6.21. The minimum Gasteiger partial charge on any atom is -0.489 e. The Bertz CT molecular complexity index is 1240. The lowest BCUT2D eigenvalue weighted by Gasteiger charge is -2.09. The van der Waals surface area contributed by atoms with Crippen LogP contribution in [0.25, 0.3) is 0 Å². The Balaban J connectivity index is 1.31. The van der Waals surface area contributed by atoms with E-state index in [0.717, 1.165) is 11.3 Å². The van der Waals surface area contributed by atoms with Gasteiger partial charge in [-0.3, -0.25) is 9.59 Å². The molecule has 2 amide bonds. The molecule has 0 spiro atoms. The first-order valence-corrected chi connectivity index (χ1v) is 10.7. The van der Waals surface area contributed by atoms with E-state index >= 15 is 0 Å². The second-order valence-electron chi connectivity index (χ2n) is 7.29. The third-order valence-corrected chi connectivity index (χ3v) is 5.09. The van der Waals surface area contributed by atoms with Gasteiger partial charge in [-0.1, -0.05) is 48.0 Å². The monoisotopic (exact) mass is 456 g/mol. The lowest BCUT2D eigenvalue weighted by atomic mass is 10.1. The van der Waals surface area contributed by atoms with Gasteiger partial charge in [-0.05, 0) is 72.3 Å². The van der Waals surface area contributed by atoms with Crippen LogP contribution in [0.1, 0.15) is 26.3 Å². The highest BCUT2D eigenvalue weighted by Crippen LogP contribution is 2.18. The number of halogens is 1. The summed E-state index contributed by atoms with van der Waals surface area (Å²) in [6.07, 6.45) is 0. The number of hydrogen-bond donors (Lipinski definition) is 2. The molecule has 0 aliphatic heterocycles. The molecule has 0 aliphatic rings. The predicted molar refractivity (Wildman–Crippen MR) is 131 cm³/mol. The smallest absolute Gasteiger partial charge is 0.255 e. The Labute approximate surface area is 197 Å². The number of carbonyl (C=O) groups is 2. The van der Waals surface area contributed by atoms with E-state index in [0.29, 0.717) is 34.1 Å². The number of ether oxygens (including phenoxy) is 1. The molecule has 4 aromatic carbocycles. The van der Waals surface area contributed by atoms with Crippen LogP contribution in [-0.4, -0.2) is 11.8 Å². The summed E-state index contributed by atoms with van der Waals surface area (Å²) in [6, 6.07) is 30.5. The summed E-state index contributed by atoms with van der Waals surface area (Å²) >= 11 is 5.93. The normalized spacial score (nSPS) is 10.3. The molecule has 0 saturated heterocycles. The summed E-state index contributed by atoms with van der Waals surface area (Å²) in [5.41, 5.74) is 3.21. The first kappa shape index (κ1) is 22.1. The first-order chi connectivity index (χ1) is 16.1. The number of hydrogen-bond acceptors (Lipinski definition) is 3. The van der Waals surface area contributed by atoms with E-state index in [1.54, 1.807) is 60.7 Å². The summed E-state index contributed by atoms with van der Waals surface area (Å²) in [6.45, 7) is 0.425. The van der Waals surface area contributed by atoms with Crippen molar-refractivity contribution in [1.29, 1.82) is 0 Å². The van der Waals surface area contributed by atoms with E-state index in [9.17, 15) is 9.59 Å². The number of nitrogens with one attached hydrogen (secondary N) is 2. The molecule has 2 N–H and O–H groups in total. The Morgan fingerprint density at radius 3 is 1.88 bits per heavy atom. The van der Waals surface area contributed by atoms with E-state index < -0.39 is 0 Å². The van der Waals surface area contributed by atoms with Gasteiger partial charge in [0.1, 0.15) is 12.4 Å². The molecular weight excluding hydrogens is 436 g/mol. The highest BCUT2D eigenvalue weighted by atomic mass is 35.5. The van der Waals surface area contributed by atoms with Gasteiger partial charge in [-0.2, -0.15) is 0 Å². The second-order valence-corrected chi connectivity index (χ2v) is 7.73. The molecule has 4 aromatic rings. The average Bonchev–Trinajstić information content (AvgIpc) is 2.85. The van der Waals surface area contributed by atoms with Crippen molar-refractivity contribution in [3.05, 3.63) is 125 Å².